The highest BCUT2D eigenvalue weighted by molar-refractivity contribution is 7.89. The number of benzene rings is 2. The minimum absolute atomic E-state index is 0.0122. The van der Waals surface area contributed by atoms with E-state index in [1.165, 1.54) is 12.1 Å². The standard InChI is InChI=1S/C25H28N6O5S/c32-23(36-30-37(34,35)22-10-2-1-3-11-22)12-15-26-24(33)19-7-4-9-21(17-19)31-16-5-8-20(18-31)29-25-27-13-6-14-28-25/h1-4,6-7,9-11,13-14,17,20,30H,5,8,12,15-16,18H2,(H,26,33)(H,27,28,29)/t20-/m0/s1. The maximum absolute atomic E-state index is 12.6. The number of nitrogens with zero attached hydrogens (tertiary/aromatic N) is 3. The number of carbonyl (C=O) groups excluding carboxylic acids is 2. The van der Waals surface area contributed by atoms with E-state index in [4.69, 9.17) is 0 Å². The lowest BCUT2D eigenvalue weighted by molar-refractivity contribution is -0.146. The molecule has 0 spiro atoms. The normalized spacial score (nSPS) is 15.6. The number of nitrogens with one attached hydrogen (secondary N) is 3. The molecule has 1 amide bonds. The second-order valence-electron chi connectivity index (χ2n) is 8.43. The van der Waals surface area contributed by atoms with Gasteiger partial charge < -0.3 is 20.4 Å². The lowest BCUT2D eigenvalue weighted by Crippen LogP contribution is -2.42. The summed E-state index contributed by atoms with van der Waals surface area (Å²) in [4.78, 5) is 41.7. The van der Waals surface area contributed by atoms with Crippen LogP contribution >= 0.6 is 0 Å². The van der Waals surface area contributed by atoms with Crippen LogP contribution in [-0.2, 0) is 19.7 Å². The van der Waals surface area contributed by atoms with E-state index in [-0.39, 0.29) is 29.8 Å². The first-order valence-corrected chi connectivity index (χ1v) is 13.3. The molecule has 0 saturated carbocycles. The van der Waals surface area contributed by atoms with Gasteiger partial charge in [0.1, 0.15) is 0 Å². The molecule has 1 aliphatic rings. The molecule has 37 heavy (non-hydrogen) atoms. The van der Waals surface area contributed by atoms with Crippen LogP contribution < -0.4 is 20.4 Å². The fraction of sp³-hybridized carbons (Fsp3) is 0.280. The van der Waals surface area contributed by atoms with Gasteiger partial charge in [0.2, 0.25) is 5.95 Å². The summed E-state index contributed by atoms with van der Waals surface area (Å²) in [5, 5.41) is 6.02. The van der Waals surface area contributed by atoms with Gasteiger partial charge in [0.25, 0.3) is 15.9 Å². The third-order valence-electron chi connectivity index (χ3n) is 5.73. The van der Waals surface area contributed by atoms with E-state index in [0.29, 0.717) is 11.5 Å². The fourth-order valence-corrected chi connectivity index (χ4v) is 4.72. The summed E-state index contributed by atoms with van der Waals surface area (Å²) in [6.45, 7) is 1.60. The topological polar surface area (TPSA) is 143 Å². The molecule has 11 nitrogen and oxygen atoms in total. The van der Waals surface area contributed by atoms with Gasteiger partial charge in [-0.15, -0.1) is 0 Å². The van der Waals surface area contributed by atoms with E-state index in [0.717, 1.165) is 31.6 Å². The van der Waals surface area contributed by atoms with Gasteiger partial charge in [0.15, 0.2) is 0 Å². The summed E-state index contributed by atoms with van der Waals surface area (Å²) in [5.41, 5.74) is 1.37. The Bertz CT molecular complexity index is 1310. The number of carbonyl (C=O) groups is 2. The first kappa shape index (κ1) is 26.0. The molecule has 4 rings (SSSR count). The molecule has 0 radical (unpaired) electrons. The van der Waals surface area contributed by atoms with Crippen LogP contribution in [0.2, 0.25) is 0 Å². The second-order valence-corrected chi connectivity index (χ2v) is 10.1. The first-order chi connectivity index (χ1) is 17.9. The van der Waals surface area contributed by atoms with Gasteiger partial charge in [-0.25, -0.2) is 18.4 Å². The molecule has 1 atom stereocenters. The minimum Gasteiger partial charge on any atom is -0.369 e. The van der Waals surface area contributed by atoms with Crippen molar-refractivity contribution in [2.24, 2.45) is 0 Å². The predicted molar refractivity (Wildman–Crippen MR) is 137 cm³/mol. The van der Waals surface area contributed by atoms with Crippen molar-refractivity contribution in [1.29, 1.82) is 0 Å². The molecule has 194 valence electrons. The minimum atomic E-state index is -3.97. The highest BCUT2D eigenvalue weighted by Gasteiger charge is 2.21. The van der Waals surface area contributed by atoms with Crippen molar-refractivity contribution >= 4 is 33.5 Å². The highest BCUT2D eigenvalue weighted by Crippen LogP contribution is 2.22. The largest absolute Gasteiger partial charge is 0.369 e. The first-order valence-electron chi connectivity index (χ1n) is 11.8. The molecule has 1 saturated heterocycles. The summed E-state index contributed by atoms with van der Waals surface area (Å²) in [6, 6.07) is 16.8. The maximum atomic E-state index is 12.6. The molecule has 1 aromatic heterocycles. The van der Waals surface area contributed by atoms with Crippen molar-refractivity contribution in [2.45, 2.75) is 30.2 Å². The molecule has 2 aromatic carbocycles. The summed E-state index contributed by atoms with van der Waals surface area (Å²) < 4.78 is 24.2. The Morgan fingerprint density at radius 1 is 1.03 bits per heavy atom. The lowest BCUT2D eigenvalue weighted by Gasteiger charge is -2.35. The SMILES string of the molecule is O=C(CCNC(=O)c1cccc(N2CCC[C@H](Nc3ncccn3)C2)c1)ONS(=O)(=O)c1ccccc1. The number of hydrogen-bond donors (Lipinski definition) is 3. The Hall–Kier alpha value is -4.03. The van der Waals surface area contributed by atoms with Crippen LogP contribution in [0.1, 0.15) is 29.6 Å². The highest BCUT2D eigenvalue weighted by atomic mass is 32.2. The van der Waals surface area contributed by atoms with Crippen molar-refractivity contribution in [3.8, 4) is 0 Å². The van der Waals surface area contributed by atoms with Crippen molar-refractivity contribution in [1.82, 2.24) is 20.2 Å². The van der Waals surface area contributed by atoms with Gasteiger partial charge in [0.05, 0.1) is 11.3 Å². The second kappa shape index (κ2) is 12.3. The number of hydrogen-bond acceptors (Lipinski definition) is 9. The van der Waals surface area contributed by atoms with E-state index in [2.05, 4.69) is 30.3 Å². The van der Waals surface area contributed by atoms with Crippen LogP contribution in [0.25, 0.3) is 0 Å². The Kier molecular flexibility index (Phi) is 8.64. The zero-order valence-corrected chi connectivity index (χ0v) is 20.9. The molecule has 1 fully saturated rings. The fourth-order valence-electron chi connectivity index (χ4n) is 3.91. The maximum Gasteiger partial charge on any atom is 0.327 e. The molecule has 2 heterocycles. The monoisotopic (exact) mass is 524 g/mol. The average Bonchev–Trinajstić information content (AvgIpc) is 2.93. The Balaban J connectivity index is 1.25. The number of anilines is 2. The summed E-state index contributed by atoms with van der Waals surface area (Å²) in [6.07, 6.45) is 5.16. The zero-order valence-electron chi connectivity index (χ0n) is 20.0. The lowest BCUT2D eigenvalue weighted by atomic mass is 10.0. The van der Waals surface area contributed by atoms with Gasteiger partial charge >= 0.3 is 5.97 Å². The number of piperidine rings is 1. The Morgan fingerprint density at radius 3 is 2.59 bits per heavy atom. The molecule has 3 aromatic rings. The van der Waals surface area contributed by atoms with Gasteiger partial charge in [0, 0.05) is 49.3 Å². The molecular weight excluding hydrogens is 496 g/mol. The molecule has 0 unspecified atom stereocenters. The summed E-state index contributed by atoms with van der Waals surface area (Å²) >= 11 is 0. The van der Waals surface area contributed by atoms with Gasteiger partial charge in [-0.3, -0.25) is 9.59 Å². The van der Waals surface area contributed by atoms with Gasteiger partial charge in [-0.1, -0.05) is 24.3 Å². The Morgan fingerprint density at radius 2 is 1.81 bits per heavy atom. The number of rotatable bonds is 10. The quantitative estimate of drug-likeness (QED) is 0.340. The number of amides is 1. The average molecular weight is 525 g/mol. The van der Waals surface area contributed by atoms with E-state index in [1.54, 1.807) is 47.6 Å². The number of sulfonamides is 1. The van der Waals surface area contributed by atoms with Crippen molar-refractivity contribution in [3.05, 3.63) is 78.6 Å². The van der Waals surface area contributed by atoms with Crippen molar-refractivity contribution < 1.29 is 22.8 Å². The van der Waals surface area contributed by atoms with E-state index in [1.807, 2.05) is 18.2 Å². The Labute approximate surface area is 215 Å². The smallest absolute Gasteiger partial charge is 0.327 e. The van der Waals surface area contributed by atoms with E-state index >= 15 is 0 Å². The third kappa shape index (κ3) is 7.48. The van der Waals surface area contributed by atoms with Crippen LogP contribution in [0.3, 0.4) is 0 Å². The predicted octanol–water partition coefficient (Wildman–Crippen LogP) is 2.11. The van der Waals surface area contributed by atoms with Gasteiger partial charge in [-0.05, 0) is 54.1 Å². The van der Waals surface area contributed by atoms with Gasteiger partial charge in [-0.2, -0.15) is 0 Å². The van der Waals surface area contributed by atoms with Crippen molar-refractivity contribution in [3.63, 3.8) is 0 Å². The van der Waals surface area contributed by atoms with E-state index in [9.17, 15) is 18.0 Å². The zero-order chi connectivity index (χ0) is 26.1. The van der Waals surface area contributed by atoms with Crippen LogP contribution in [0.15, 0.2) is 78.0 Å². The molecule has 3 N–H and O–H groups in total. The molecule has 0 aliphatic carbocycles. The molecule has 12 heteroatoms. The molecular formula is C25H28N6O5S. The van der Waals surface area contributed by atoms with Crippen LogP contribution in [0, 0.1) is 0 Å². The van der Waals surface area contributed by atoms with Crippen LogP contribution in [-0.4, -0.2) is 55.9 Å². The van der Waals surface area contributed by atoms with Crippen LogP contribution in [0.4, 0.5) is 11.6 Å². The number of aromatic nitrogens is 2. The summed E-state index contributed by atoms with van der Waals surface area (Å²) in [5.74, 6) is -0.569. The van der Waals surface area contributed by atoms with Crippen molar-refractivity contribution in [2.75, 3.05) is 29.9 Å². The van der Waals surface area contributed by atoms with E-state index < -0.39 is 16.0 Å². The van der Waals surface area contributed by atoms with Crippen LogP contribution in [0.5, 0.6) is 0 Å². The molecule has 0 bridgehead atoms. The third-order valence-corrected chi connectivity index (χ3v) is 6.92. The summed E-state index contributed by atoms with van der Waals surface area (Å²) in [7, 11) is -3.97. The molecule has 1 aliphatic heterocycles.